The monoisotopic (exact) mass is 494 g/mol. The molecule has 2 aromatic rings. The number of nitrogens with zero attached hydrogens (tertiary/aromatic N) is 2. The summed E-state index contributed by atoms with van der Waals surface area (Å²) in [4.78, 5) is 52.7. The van der Waals surface area contributed by atoms with Crippen LogP contribution in [0.25, 0.3) is 6.08 Å². The van der Waals surface area contributed by atoms with E-state index < -0.39 is 0 Å². The van der Waals surface area contributed by atoms with E-state index in [9.17, 15) is 19.2 Å². The number of hydrogen-bond donors (Lipinski definition) is 2. The summed E-state index contributed by atoms with van der Waals surface area (Å²) in [6.45, 7) is 5.46. The average molecular weight is 495 g/mol. The largest absolute Gasteiger partial charge is 0.339 e. The molecule has 0 radical (unpaired) electrons. The van der Waals surface area contributed by atoms with E-state index in [1.807, 2.05) is 32.7 Å². The summed E-state index contributed by atoms with van der Waals surface area (Å²) >= 11 is 1.60. The zero-order valence-electron chi connectivity index (χ0n) is 20.0. The highest BCUT2D eigenvalue weighted by molar-refractivity contribution is 7.08. The molecule has 0 atom stereocenters. The van der Waals surface area contributed by atoms with Gasteiger partial charge in [-0.25, -0.2) is 0 Å². The number of benzene rings is 1. The van der Waals surface area contributed by atoms with Crippen molar-refractivity contribution in [3.05, 3.63) is 52.2 Å². The molecule has 0 unspecified atom stereocenters. The van der Waals surface area contributed by atoms with Crippen LogP contribution in [0, 0.1) is 5.41 Å². The number of hydrogen-bond acceptors (Lipinski definition) is 5. The van der Waals surface area contributed by atoms with Crippen molar-refractivity contribution in [2.24, 2.45) is 5.41 Å². The second kappa shape index (κ2) is 10.4. The Hall–Kier alpha value is -3.46. The molecule has 4 rings (SSSR count). The third-order valence-corrected chi connectivity index (χ3v) is 7.41. The van der Waals surface area contributed by atoms with Crippen LogP contribution in [0.2, 0.25) is 0 Å². The van der Waals surface area contributed by atoms with E-state index in [1.165, 1.54) is 13.8 Å². The van der Waals surface area contributed by atoms with Crippen molar-refractivity contribution in [2.45, 2.75) is 33.1 Å². The highest BCUT2D eigenvalue weighted by Crippen LogP contribution is 2.41. The number of carbonyl (C=O) groups is 4. The third-order valence-electron chi connectivity index (χ3n) is 6.71. The summed E-state index contributed by atoms with van der Waals surface area (Å²) in [6.07, 6.45) is 6.14. The molecule has 184 valence electrons. The smallest absolute Gasteiger partial charge is 0.253 e. The van der Waals surface area contributed by atoms with E-state index in [4.69, 9.17) is 0 Å². The summed E-state index contributed by atoms with van der Waals surface area (Å²) in [5, 5.41) is 9.36. The Balaban J connectivity index is 1.38. The van der Waals surface area contributed by atoms with Gasteiger partial charge in [0.1, 0.15) is 0 Å². The fraction of sp³-hybridized carbons (Fsp3) is 0.385. The Kier molecular flexibility index (Phi) is 7.35. The molecule has 2 aliphatic rings. The van der Waals surface area contributed by atoms with Gasteiger partial charge in [0, 0.05) is 51.7 Å². The van der Waals surface area contributed by atoms with Crippen molar-refractivity contribution in [2.75, 3.05) is 36.8 Å². The standard InChI is InChI=1S/C26H30N4O4S/c1-18(31)27-22-5-4-21(15-23(22)28-19(2)32)25(34)30-13-10-26(17-30)8-11-29(12-9-26)24(33)6-3-20-7-14-35-16-20/h3-7,14-16H,8-13,17H2,1-2H3,(H,27,31)(H,28,32). The SMILES string of the molecule is CC(=O)Nc1ccc(C(=O)N2CCC3(CCN(C(=O)C=Cc4ccsc4)CC3)C2)cc1NC(C)=O. The Morgan fingerprint density at radius 2 is 1.57 bits per heavy atom. The number of thiophene rings is 1. The van der Waals surface area contributed by atoms with Crippen molar-refractivity contribution in [3.8, 4) is 0 Å². The van der Waals surface area contributed by atoms with Gasteiger partial charge < -0.3 is 20.4 Å². The molecule has 9 heteroatoms. The number of carbonyl (C=O) groups excluding carboxylic acids is 4. The fourth-order valence-electron chi connectivity index (χ4n) is 4.81. The van der Waals surface area contributed by atoms with Crippen LogP contribution >= 0.6 is 11.3 Å². The Bertz CT molecular complexity index is 1150. The van der Waals surface area contributed by atoms with E-state index in [2.05, 4.69) is 10.6 Å². The summed E-state index contributed by atoms with van der Waals surface area (Å²) in [5.74, 6) is -0.612. The summed E-state index contributed by atoms with van der Waals surface area (Å²) in [6, 6.07) is 6.90. The zero-order chi connectivity index (χ0) is 25.0. The first-order valence-electron chi connectivity index (χ1n) is 11.7. The van der Waals surface area contributed by atoms with Gasteiger partial charge in [-0.3, -0.25) is 19.2 Å². The number of piperidine rings is 1. The van der Waals surface area contributed by atoms with Gasteiger partial charge >= 0.3 is 0 Å². The highest BCUT2D eigenvalue weighted by Gasteiger charge is 2.42. The van der Waals surface area contributed by atoms with Gasteiger partial charge in [0.15, 0.2) is 0 Å². The van der Waals surface area contributed by atoms with Crippen molar-refractivity contribution in [1.29, 1.82) is 0 Å². The fourth-order valence-corrected chi connectivity index (χ4v) is 5.44. The van der Waals surface area contributed by atoms with Crippen molar-refractivity contribution < 1.29 is 19.2 Å². The first-order valence-corrected chi connectivity index (χ1v) is 12.7. The molecule has 2 saturated heterocycles. The van der Waals surface area contributed by atoms with Crippen molar-refractivity contribution >= 4 is 52.4 Å². The van der Waals surface area contributed by atoms with E-state index >= 15 is 0 Å². The number of rotatable bonds is 5. The lowest BCUT2D eigenvalue weighted by Gasteiger charge is -2.39. The molecule has 1 aromatic carbocycles. The highest BCUT2D eigenvalue weighted by atomic mass is 32.1. The predicted molar refractivity (Wildman–Crippen MR) is 137 cm³/mol. The molecule has 4 amide bonds. The zero-order valence-corrected chi connectivity index (χ0v) is 20.8. The lowest BCUT2D eigenvalue weighted by Crippen LogP contribution is -2.44. The van der Waals surface area contributed by atoms with Gasteiger partial charge in [-0.05, 0) is 71.3 Å². The second-order valence-electron chi connectivity index (χ2n) is 9.31. The molecular weight excluding hydrogens is 464 g/mol. The molecule has 0 aliphatic carbocycles. The molecular formula is C26H30N4O4S. The summed E-state index contributed by atoms with van der Waals surface area (Å²) in [7, 11) is 0. The second-order valence-corrected chi connectivity index (χ2v) is 10.1. The number of anilines is 2. The molecule has 2 fully saturated rings. The maximum atomic E-state index is 13.3. The van der Waals surface area contributed by atoms with Gasteiger partial charge in [0.05, 0.1) is 11.4 Å². The molecule has 2 aliphatic heterocycles. The third kappa shape index (κ3) is 5.97. The van der Waals surface area contributed by atoms with E-state index in [1.54, 1.807) is 35.6 Å². The topological polar surface area (TPSA) is 98.8 Å². The maximum Gasteiger partial charge on any atom is 0.253 e. The van der Waals surface area contributed by atoms with Crippen molar-refractivity contribution in [3.63, 3.8) is 0 Å². The quantitative estimate of drug-likeness (QED) is 0.617. The Labute approximate surface area is 209 Å². The van der Waals surface area contributed by atoms with Crippen LogP contribution in [0.15, 0.2) is 41.1 Å². The minimum absolute atomic E-state index is 0.0279. The van der Waals surface area contributed by atoms with Crippen LogP contribution in [0.1, 0.15) is 49.0 Å². The van der Waals surface area contributed by atoms with Gasteiger partial charge in [-0.2, -0.15) is 11.3 Å². The van der Waals surface area contributed by atoms with E-state index in [0.29, 0.717) is 43.1 Å². The molecule has 3 heterocycles. The predicted octanol–water partition coefficient (Wildman–Crippen LogP) is 3.83. The molecule has 35 heavy (non-hydrogen) atoms. The first kappa shape index (κ1) is 24.7. The van der Waals surface area contributed by atoms with Gasteiger partial charge in [0.2, 0.25) is 17.7 Å². The maximum absolute atomic E-state index is 13.3. The first-order chi connectivity index (χ1) is 16.7. The van der Waals surface area contributed by atoms with Crippen LogP contribution < -0.4 is 10.6 Å². The van der Waals surface area contributed by atoms with Crippen LogP contribution in [0.5, 0.6) is 0 Å². The molecule has 2 N–H and O–H groups in total. The van der Waals surface area contributed by atoms with E-state index in [-0.39, 0.29) is 29.0 Å². The minimum Gasteiger partial charge on any atom is -0.339 e. The van der Waals surface area contributed by atoms with Crippen molar-refractivity contribution in [1.82, 2.24) is 9.80 Å². The number of amides is 4. The average Bonchev–Trinajstić information content (AvgIpc) is 3.48. The van der Waals surface area contributed by atoms with Gasteiger partial charge in [-0.15, -0.1) is 0 Å². The van der Waals surface area contributed by atoms with E-state index in [0.717, 1.165) is 24.8 Å². The summed E-state index contributed by atoms with van der Waals surface area (Å²) in [5.41, 5.74) is 2.38. The minimum atomic E-state index is -0.284. The van der Waals surface area contributed by atoms with Crippen LogP contribution in [-0.4, -0.2) is 59.6 Å². The summed E-state index contributed by atoms with van der Waals surface area (Å²) < 4.78 is 0. The number of likely N-dealkylation sites (tertiary alicyclic amines) is 2. The van der Waals surface area contributed by atoms with Crippen LogP contribution in [-0.2, 0) is 14.4 Å². The molecule has 0 saturated carbocycles. The van der Waals surface area contributed by atoms with Crippen LogP contribution in [0.4, 0.5) is 11.4 Å². The normalized spacial score (nSPS) is 17.1. The molecule has 8 nitrogen and oxygen atoms in total. The molecule has 0 bridgehead atoms. The Morgan fingerprint density at radius 3 is 2.20 bits per heavy atom. The Morgan fingerprint density at radius 1 is 0.914 bits per heavy atom. The van der Waals surface area contributed by atoms with Gasteiger partial charge in [-0.1, -0.05) is 0 Å². The molecule has 1 aromatic heterocycles. The molecule has 1 spiro atoms. The number of nitrogens with one attached hydrogen (secondary N) is 2. The van der Waals surface area contributed by atoms with Crippen LogP contribution in [0.3, 0.4) is 0 Å². The lowest BCUT2D eigenvalue weighted by atomic mass is 9.78. The van der Waals surface area contributed by atoms with Gasteiger partial charge in [0.25, 0.3) is 5.91 Å². The lowest BCUT2D eigenvalue weighted by molar-refractivity contribution is -0.128.